The number of ether oxygens (including phenoxy) is 2. The van der Waals surface area contributed by atoms with Gasteiger partial charge in [-0.1, -0.05) is 12.1 Å². The molecular formula is C16H16N2O4. The molecule has 1 aromatic carbocycles. The summed E-state index contributed by atoms with van der Waals surface area (Å²) in [6.07, 6.45) is 2.97. The number of methoxy groups -OCH3 is 1. The van der Waals surface area contributed by atoms with E-state index in [1.54, 1.807) is 7.11 Å². The zero-order valence-electron chi connectivity index (χ0n) is 12.1. The molecule has 0 aliphatic heterocycles. The van der Waals surface area contributed by atoms with Gasteiger partial charge in [-0.25, -0.2) is 4.79 Å². The van der Waals surface area contributed by atoms with Crippen LogP contribution < -0.4 is 10.1 Å². The number of esters is 1. The molecule has 0 bridgehead atoms. The molecule has 0 atom stereocenters. The normalized spacial score (nSPS) is 9.86. The molecule has 0 saturated carbocycles. The van der Waals surface area contributed by atoms with Crippen LogP contribution in [-0.2, 0) is 16.1 Å². The SMILES string of the molecule is COc1ccc(CNC(=O)COC(=O)c2ccncc2)cc1. The van der Waals surface area contributed by atoms with Crippen LogP contribution >= 0.6 is 0 Å². The third kappa shape index (κ3) is 4.59. The van der Waals surface area contributed by atoms with Crippen molar-refractivity contribution in [3.8, 4) is 5.75 Å². The highest BCUT2D eigenvalue weighted by Crippen LogP contribution is 2.10. The van der Waals surface area contributed by atoms with Crippen LogP contribution in [-0.4, -0.2) is 30.6 Å². The third-order valence-electron chi connectivity index (χ3n) is 2.90. The van der Waals surface area contributed by atoms with Crippen molar-refractivity contribution in [2.75, 3.05) is 13.7 Å². The minimum Gasteiger partial charge on any atom is -0.497 e. The van der Waals surface area contributed by atoms with Gasteiger partial charge in [0.15, 0.2) is 6.61 Å². The fraction of sp³-hybridized carbons (Fsp3) is 0.188. The average Bonchev–Trinajstić information content (AvgIpc) is 2.59. The van der Waals surface area contributed by atoms with Gasteiger partial charge in [0.2, 0.25) is 0 Å². The molecule has 6 nitrogen and oxygen atoms in total. The first-order chi connectivity index (χ1) is 10.7. The summed E-state index contributed by atoms with van der Waals surface area (Å²) < 4.78 is 9.97. The van der Waals surface area contributed by atoms with E-state index >= 15 is 0 Å². The highest BCUT2D eigenvalue weighted by molar-refractivity contribution is 5.91. The topological polar surface area (TPSA) is 77.5 Å². The predicted molar refractivity (Wildman–Crippen MR) is 79.4 cm³/mol. The number of aromatic nitrogens is 1. The van der Waals surface area contributed by atoms with Crippen LogP contribution in [0.1, 0.15) is 15.9 Å². The summed E-state index contributed by atoms with van der Waals surface area (Å²) >= 11 is 0. The molecule has 2 aromatic rings. The Kier molecular flexibility index (Phi) is 5.48. The van der Waals surface area contributed by atoms with Gasteiger partial charge in [-0.2, -0.15) is 0 Å². The van der Waals surface area contributed by atoms with Crippen LogP contribution in [0.3, 0.4) is 0 Å². The maximum absolute atomic E-state index is 11.7. The number of nitrogens with one attached hydrogen (secondary N) is 1. The van der Waals surface area contributed by atoms with E-state index in [4.69, 9.17) is 9.47 Å². The van der Waals surface area contributed by atoms with Gasteiger partial charge in [-0.3, -0.25) is 9.78 Å². The predicted octanol–water partition coefficient (Wildman–Crippen LogP) is 1.56. The minimum absolute atomic E-state index is 0.322. The number of benzene rings is 1. The highest BCUT2D eigenvalue weighted by atomic mass is 16.5. The number of hydrogen-bond acceptors (Lipinski definition) is 5. The van der Waals surface area contributed by atoms with Crippen molar-refractivity contribution in [3.63, 3.8) is 0 Å². The lowest BCUT2D eigenvalue weighted by molar-refractivity contribution is -0.124. The number of pyridine rings is 1. The van der Waals surface area contributed by atoms with Crippen molar-refractivity contribution in [1.29, 1.82) is 0 Å². The van der Waals surface area contributed by atoms with Gasteiger partial charge in [0, 0.05) is 18.9 Å². The van der Waals surface area contributed by atoms with E-state index in [0.29, 0.717) is 12.1 Å². The van der Waals surface area contributed by atoms with E-state index < -0.39 is 5.97 Å². The van der Waals surface area contributed by atoms with Crippen LogP contribution in [0.15, 0.2) is 48.8 Å². The maximum atomic E-state index is 11.7. The second kappa shape index (κ2) is 7.78. The van der Waals surface area contributed by atoms with E-state index in [0.717, 1.165) is 11.3 Å². The van der Waals surface area contributed by atoms with Crippen LogP contribution in [0.2, 0.25) is 0 Å². The second-order valence-electron chi connectivity index (χ2n) is 4.44. The Bertz CT molecular complexity index is 626. The fourth-order valence-electron chi connectivity index (χ4n) is 1.70. The van der Waals surface area contributed by atoms with E-state index in [9.17, 15) is 9.59 Å². The molecule has 0 unspecified atom stereocenters. The molecule has 1 heterocycles. The first-order valence-electron chi connectivity index (χ1n) is 6.66. The number of nitrogens with zero attached hydrogens (tertiary/aromatic N) is 1. The smallest absolute Gasteiger partial charge is 0.338 e. The minimum atomic E-state index is -0.554. The lowest BCUT2D eigenvalue weighted by Gasteiger charge is -2.07. The Balaban J connectivity index is 1.74. The summed E-state index contributed by atoms with van der Waals surface area (Å²) in [5.41, 5.74) is 1.28. The molecule has 1 N–H and O–H groups in total. The summed E-state index contributed by atoms with van der Waals surface area (Å²) in [6.45, 7) is 0.0347. The zero-order chi connectivity index (χ0) is 15.8. The second-order valence-corrected chi connectivity index (χ2v) is 4.44. The van der Waals surface area contributed by atoms with Crippen LogP contribution in [0.25, 0.3) is 0 Å². The van der Waals surface area contributed by atoms with Crippen molar-refractivity contribution < 1.29 is 19.1 Å². The number of hydrogen-bond donors (Lipinski definition) is 1. The lowest BCUT2D eigenvalue weighted by atomic mass is 10.2. The van der Waals surface area contributed by atoms with Gasteiger partial charge in [0.1, 0.15) is 5.75 Å². The van der Waals surface area contributed by atoms with Crippen molar-refractivity contribution in [2.24, 2.45) is 0 Å². The van der Waals surface area contributed by atoms with Gasteiger partial charge < -0.3 is 14.8 Å². The summed E-state index contributed by atoms with van der Waals surface area (Å²) in [6, 6.07) is 10.4. The molecule has 0 radical (unpaired) electrons. The Labute approximate surface area is 128 Å². The molecule has 0 fully saturated rings. The van der Waals surface area contributed by atoms with E-state index in [2.05, 4.69) is 10.3 Å². The number of carbonyl (C=O) groups excluding carboxylic acids is 2. The van der Waals surface area contributed by atoms with E-state index in [1.807, 2.05) is 24.3 Å². The average molecular weight is 300 g/mol. The summed E-state index contributed by atoms with van der Waals surface area (Å²) in [7, 11) is 1.59. The maximum Gasteiger partial charge on any atom is 0.338 e. The molecule has 0 aliphatic rings. The van der Waals surface area contributed by atoms with Crippen LogP contribution in [0, 0.1) is 0 Å². The van der Waals surface area contributed by atoms with Crippen molar-refractivity contribution >= 4 is 11.9 Å². The molecule has 22 heavy (non-hydrogen) atoms. The van der Waals surface area contributed by atoms with Crippen LogP contribution in [0.5, 0.6) is 5.75 Å². The first kappa shape index (κ1) is 15.5. The van der Waals surface area contributed by atoms with Gasteiger partial charge >= 0.3 is 5.97 Å². The quantitative estimate of drug-likeness (QED) is 0.819. The zero-order valence-corrected chi connectivity index (χ0v) is 12.1. The summed E-state index contributed by atoms with van der Waals surface area (Å²) in [4.78, 5) is 27.1. The number of amides is 1. The van der Waals surface area contributed by atoms with E-state index in [-0.39, 0.29) is 12.5 Å². The number of carbonyl (C=O) groups is 2. The Morgan fingerprint density at radius 1 is 1.09 bits per heavy atom. The Hall–Kier alpha value is -2.89. The molecule has 1 amide bonds. The molecule has 6 heteroatoms. The highest BCUT2D eigenvalue weighted by Gasteiger charge is 2.09. The molecular weight excluding hydrogens is 284 g/mol. The monoisotopic (exact) mass is 300 g/mol. The summed E-state index contributed by atoms with van der Waals surface area (Å²) in [5.74, 6) is -0.165. The molecule has 2 rings (SSSR count). The molecule has 0 saturated heterocycles. The van der Waals surface area contributed by atoms with Crippen molar-refractivity contribution in [1.82, 2.24) is 10.3 Å². The Morgan fingerprint density at radius 3 is 2.41 bits per heavy atom. The fourth-order valence-corrected chi connectivity index (χ4v) is 1.70. The Morgan fingerprint density at radius 2 is 1.77 bits per heavy atom. The standard InChI is InChI=1S/C16H16N2O4/c1-21-14-4-2-12(3-5-14)10-18-15(19)11-22-16(20)13-6-8-17-9-7-13/h2-9H,10-11H2,1H3,(H,18,19). The van der Waals surface area contributed by atoms with Gasteiger partial charge in [0.25, 0.3) is 5.91 Å². The first-order valence-corrected chi connectivity index (χ1v) is 6.66. The summed E-state index contributed by atoms with van der Waals surface area (Å²) in [5, 5.41) is 2.67. The van der Waals surface area contributed by atoms with Crippen molar-refractivity contribution in [2.45, 2.75) is 6.54 Å². The largest absolute Gasteiger partial charge is 0.497 e. The van der Waals surface area contributed by atoms with Crippen molar-refractivity contribution in [3.05, 3.63) is 59.9 Å². The van der Waals surface area contributed by atoms with Gasteiger partial charge in [-0.05, 0) is 29.8 Å². The van der Waals surface area contributed by atoms with E-state index in [1.165, 1.54) is 24.5 Å². The van der Waals surface area contributed by atoms with Crippen LogP contribution in [0.4, 0.5) is 0 Å². The molecule has 0 aliphatic carbocycles. The molecule has 1 aromatic heterocycles. The molecule has 0 spiro atoms. The number of rotatable bonds is 6. The lowest BCUT2D eigenvalue weighted by Crippen LogP contribution is -2.28. The molecule has 114 valence electrons. The third-order valence-corrected chi connectivity index (χ3v) is 2.90. The van der Waals surface area contributed by atoms with Gasteiger partial charge in [0.05, 0.1) is 12.7 Å². The van der Waals surface area contributed by atoms with Gasteiger partial charge in [-0.15, -0.1) is 0 Å².